The summed E-state index contributed by atoms with van der Waals surface area (Å²) in [6.07, 6.45) is 5.96. The lowest BCUT2D eigenvalue weighted by molar-refractivity contribution is 0.384. The molecule has 0 aromatic carbocycles. The average Bonchev–Trinajstić information content (AvgIpc) is 1.90. The van der Waals surface area contributed by atoms with Gasteiger partial charge in [-0.2, -0.15) is 0 Å². The standard InChI is InChI=1S/C8H17B/c1-7-3-5-8(9-2)6-4-7/h7-9H,3-6H2,1-2H3. The summed E-state index contributed by atoms with van der Waals surface area (Å²) >= 11 is 0. The Morgan fingerprint density at radius 3 is 2.11 bits per heavy atom. The van der Waals surface area contributed by atoms with Crippen molar-refractivity contribution in [2.24, 2.45) is 5.92 Å². The van der Waals surface area contributed by atoms with E-state index in [4.69, 9.17) is 0 Å². The van der Waals surface area contributed by atoms with Crippen LogP contribution in [0.15, 0.2) is 0 Å². The monoisotopic (exact) mass is 124 g/mol. The van der Waals surface area contributed by atoms with Crippen LogP contribution in [0.1, 0.15) is 32.6 Å². The summed E-state index contributed by atoms with van der Waals surface area (Å²) in [5.74, 6) is 2.09. The van der Waals surface area contributed by atoms with Crippen molar-refractivity contribution >= 4 is 7.28 Å². The van der Waals surface area contributed by atoms with E-state index >= 15 is 0 Å². The number of hydrogen-bond donors (Lipinski definition) is 0. The highest BCUT2D eigenvalue weighted by molar-refractivity contribution is 6.35. The van der Waals surface area contributed by atoms with E-state index in [1.807, 2.05) is 0 Å². The van der Waals surface area contributed by atoms with Gasteiger partial charge >= 0.3 is 0 Å². The maximum Gasteiger partial charge on any atom is 0.120 e. The molecule has 0 saturated heterocycles. The van der Waals surface area contributed by atoms with Gasteiger partial charge in [0.05, 0.1) is 0 Å². The molecule has 1 aliphatic rings. The Balaban J connectivity index is 2.18. The zero-order chi connectivity index (χ0) is 6.69. The highest BCUT2D eigenvalue weighted by Crippen LogP contribution is 2.31. The lowest BCUT2D eigenvalue weighted by Crippen LogP contribution is -2.10. The third kappa shape index (κ3) is 2.04. The molecule has 1 rings (SSSR count). The van der Waals surface area contributed by atoms with Crippen molar-refractivity contribution in [3.8, 4) is 0 Å². The van der Waals surface area contributed by atoms with E-state index in [0.717, 1.165) is 11.7 Å². The van der Waals surface area contributed by atoms with Crippen LogP contribution in [0.4, 0.5) is 0 Å². The molecule has 0 radical (unpaired) electrons. The van der Waals surface area contributed by atoms with Crippen LogP contribution in [0.25, 0.3) is 0 Å². The first-order valence-corrected chi connectivity index (χ1v) is 4.33. The molecule has 1 fully saturated rings. The molecule has 0 bridgehead atoms. The first-order valence-electron chi connectivity index (χ1n) is 4.33. The van der Waals surface area contributed by atoms with Gasteiger partial charge in [0.2, 0.25) is 0 Å². The minimum atomic E-state index is 1.02. The van der Waals surface area contributed by atoms with E-state index in [1.54, 1.807) is 0 Å². The van der Waals surface area contributed by atoms with E-state index in [-0.39, 0.29) is 0 Å². The minimum Gasteiger partial charge on any atom is -0.0891 e. The van der Waals surface area contributed by atoms with Gasteiger partial charge in [-0.1, -0.05) is 45.2 Å². The Hall–Kier alpha value is 0.0649. The molecule has 9 heavy (non-hydrogen) atoms. The maximum absolute atomic E-state index is 2.38. The molecule has 1 heteroatoms. The Labute approximate surface area is 59.3 Å². The summed E-state index contributed by atoms with van der Waals surface area (Å²) in [6.45, 7) is 4.70. The Kier molecular flexibility index (Phi) is 2.62. The van der Waals surface area contributed by atoms with E-state index in [1.165, 1.54) is 33.0 Å². The number of hydrogen-bond acceptors (Lipinski definition) is 0. The molecular weight excluding hydrogens is 107 g/mol. The van der Waals surface area contributed by atoms with Gasteiger partial charge in [0.25, 0.3) is 0 Å². The van der Waals surface area contributed by atoms with E-state index in [9.17, 15) is 0 Å². The molecular formula is C8H17B. The van der Waals surface area contributed by atoms with Crippen LogP contribution in [0.2, 0.25) is 12.6 Å². The van der Waals surface area contributed by atoms with Gasteiger partial charge in [0.1, 0.15) is 7.28 Å². The second-order valence-electron chi connectivity index (χ2n) is 3.53. The summed E-state index contributed by atoms with van der Waals surface area (Å²) < 4.78 is 0. The Morgan fingerprint density at radius 2 is 1.67 bits per heavy atom. The van der Waals surface area contributed by atoms with Crippen LogP contribution >= 0.6 is 0 Å². The van der Waals surface area contributed by atoms with Crippen molar-refractivity contribution in [1.29, 1.82) is 0 Å². The number of rotatable bonds is 1. The van der Waals surface area contributed by atoms with Crippen LogP contribution in [0, 0.1) is 5.92 Å². The molecule has 52 valence electrons. The van der Waals surface area contributed by atoms with Crippen LogP contribution in [0.5, 0.6) is 0 Å². The van der Waals surface area contributed by atoms with Crippen molar-refractivity contribution in [2.45, 2.75) is 45.2 Å². The van der Waals surface area contributed by atoms with Crippen LogP contribution < -0.4 is 0 Å². The predicted octanol–water partition coefficient (Wildman–Crippen LogP) is 2.47. The average molecular weight is 124 g/mol. The lowest BCUT2D eigenvalue weighted by atomic mass is 9.60. The van der Waals surface area contributed by atoms with Crippen molar-refractivity contribution in [3.05, 3.63) is 0 Å². The van der Waals surface area contributed by atoms with Crippen LogP contribution in [-0.2, 0) is 0 Å². The van der Waals surface area contributed by atoms with E-state index < -0.39 is 0 Å². The van der Waals surface area contributed by atoms with Crippen LogP contribution in [-0.4, -0.2) is 7.28 Å². The van der Waals surface area contributed by atoms with Crippen molar-refractivity contribution < 1.29 is 0 Å². The molecule has 0 aromatic heterocycles. The zero-order valence-electron chi connectivity index (χ0n) is 6.69. The fourth-order valence-corrected chi connectivity index (χ4v) is 1.74. The first kappa shape index (κ1) is 7.18. The highest BCUT2D eigenvalue weighted by atomic mass is 14.2. The largest absolute Gasteiger partial charge is 0.120 e. The molecule has 0 aliphatic heterocycles. The fraction of sp³-hybridized carbons (Fsp3) is 1.00. The molecule has 1 saturated carbocycles. The Morgan fingerprint density at radius 1 is 1.11 bits per heavy atom. The van der Waals surface area contributed by atoms with Crippen molar-refractivity contribution in [3.63, 3.8) is 0 Å². The van der Waals surface area contributed by atoms with Gasteiger partial charge in [0.15, 0.2) is 0 Å². The molecule has 1 aliphatic carbocycles. The normalized spacial score (nSPS) is 36.2. The summed E-state index contributed by atoms with van der Waals surface area (Å²) in [7, 11) is 1.41. The third-order valence-corrected chi connectivity index (χ3v) is 2.71. The second-order valence-corrected chi connectivity index (χ2v) is 3.53. The van der Waals surface area contributed by atoms with Crippen LogP contribution in [0.3, 0.4) is 0 Å². The molecule has 0 aromatic rings. The molecule has 0 N–H and O–H groups in total. The van der Waals surface area contributed by atoms with E-state index in [0.29, 0.717) is 0 Å². The van der Waals surface area contributed by atoms with Crippen molar-refractivity contribution in [1.82, 2.24) is 0 Å². The summed E-state index contributed by atoms with van der Waals surface area (Å²) in [4.78, 5) is 0. The second kappa shape index (κ2) is 3.29. The summed E-state index contributed by atoms with van der Waals surface area (Å²) in [6, 6.07) is 0. The van der Waals surface area contributed by atoms with Gasteiger partial charge in [-0.25, -0.2) is 0 Å². The minimum absolute atomic E-state index is 1.02. The third-order valence-electron chi connectivity index (χ3n) is 2.71. The van der Waals surface area contributed by atoms with Gasteiger partial charge in [0, 0.05) is 0 Å². The Bertz CT molecular complexity index is 72.6. The molecule has 0 nitrogen and oxygen atoms in total. The summed E-state index contributed by atoms with van der Waals surface area (Å²) in [5, 5.41) is 0. The first-order chi connectivity index (χ1) is 4.33. The molecule has 0 atom stereocenters. The quantitative estimate of drug-likeness (QED) is 0.471. The summed E-state index contributed by atoms with van der Waals surface area (Å²) in [5.41, 5.74) is 0. The smallest absolute Gasteiger partial charge is 0.0891 e. The van der Waals surface area contributed by atoms with Crippen molar-refractivity contribution in [2.75, 3.05) is 0 Å². The molecule has 0 amide bonds. The highest BCUT2D eigenvalue weighted by Gasteiger charge is 2.16. The van der Waals surface area contributed by atoms with E-state index in [2.05, 4.69) is 13.7 Å². The topological polar surface area (TPSA) is 0 Å². The SMILES string of the molecule is CBC1CCC(C)CC1. The fourth-order valence-electron chi connectivity index (χ4n) is 1.74. The maximum atomic E-state index is 2.38. The molecule has 0 unspecified atom stereocenters. The molecule has 0 heterocycles. The van der Waals surface area contributed by atoms with Gasteiger partial charge in [-0.3, -0.25) is 0 Å². The lowest BCUT2D eigenvalue weighted by Gasteiger charge is -2.24. The predicted molar refractivity (Wildman–Crippen MR) is 44.4 cm³/mol. The van der Waals surface area contributed by atoms with Gasteiger partial charge in [-0.15, -0.1) is 0 Å². The van der Waals surface area contributed by atoms with Gasteiger partial charge < -0.3 is 0 Å². The zero-order valence-corrected chi connectivity index (χ0v) is 6.69. The molecule has 0 spiro atoms. The van der Waals surface area contributed by atoms with Gasteiger partial charge in [-0.05, 0) is 5.92 Å².